The lowest BCUT2D eigenvalue weighted by Gasteiger charge is -2.22. The molecule has 0 aliphatic carbocycles. The Labute approximate surface area is 156 Å². The van der Waals surface area contributed by atoms with Crippen molar-refractivity contribution in [3.8, 4) is 0 Å². The van der Waals surface area contributed by atoms with Gasteiger partial charge in [0.15, 0.2) is 11.2 Å². The van der Waals surface area contributed by atoms with Crippen LogP contribution in [0.15, 0.2) is 39.9 Å². The van der Waals surface area contributed by atoms with Gasteiger partial charge >= 0.3 is 5.69 Å². The Morgan fingerprint density at radius 1 is 1.07 bits per heavy atom. The molecule has 0 amide bonds. The second-order valence-electron chi connectivity index (χ2n) is 6.50. The van der Waals surface area contributed by atoms with E-state index in [0.29, 0.717) is 30.2 Å². The highest BCUT2D eigenvalue weighted by Gasteiger charge is 2.23. The van der Waals surface area contributed by atoms with Crippen LogP contribution in [-0.4, -0.2) is 36.9 Å². The minimum atomic E-state index is -0.806. The summed E-state index contributed by atoms with van der Waals surface area (Å²) in [6, 6.07) is 9.29. The van der Waals surface area contributed by atoms with Gasteiger partial charge in [0.25, 0.3) is 5.56 Å². The minimum Gasteiger partial charge on any atom is -0.387 e. The summed E-state index contributed by atoms with van der Waals surface area (Å²) < 4.78 is 4.17. The van der Waals surface area contributed by atoms with Crippen LogP contribution in [0.3, 0.4) is 0 Å². The summed E-state index contributed by atoms with van der Waals surface area (Å²) >= 11 is 0. The van der Waals surface area contributed by atoms with Gasteiger partial charge in [0.05, 0.1) is 12.6 Å². The molecule has 8 nitrogen and oxygen atoms in total. The van der Waals surface area contributed by atoms with Gasteiger partial charge in [-0.2, -0.15) is 4.98 Å². The summed E-state index contributed by atoms with van der Waals surface area (Å²) in [5, 5.41) is 10.7. The number of aliphatic hydroxyl groups excluding tert-OH is 1. The molecular formula is C19H25N5O3. The molecule has 8 heteroatoms. The predicted octanol–water partition coefficient (Wildman–Crippen LogP) is 1.01. The fraction of sp³-hybridized carbons (Fsp3) is 0.421. The van der Waals surface area contributed by atoms with Gasteiger partial charge in [-0.1, -0.05) is 30.3 Å². The van der Waals surface area contributed by atoms with E-state index >= 15 is 0 Å². The molecule has 0 fully saturated rings. The first-order valence-electron chi connectivity index (χ1n) is 9.04. The monoisotopic (exact) mass is 371 g/mol. The van der Waals surface area contributed by atoms with E-state index in [2.05, 4.69) is 4.98 Å². The summed E-state index contributed by atoms with van der Waals surface area (Å²) in [5.74, 6) is 0.572. The van der Waals surface area contributed by atoms with Crippen LogP contribution in [0.5, 0.6) is 0 Å². The molecule has 1 N–H and O–H groups in total. The van der Waals surface area contributed by atoms with Crippen molar-refractivity contribution in [2.45, 2.75) is 26.5 Å². The maximum absolute atomic E-state index is 12.8. The zero-order chi connectivity index (χ0) is 19.7. The third-order valence-electron chi connectivity index (χ3n) is 4.91. The van der Waals surface area contributed by atoms with Crippen LogP contribution >= 0.6 is 0 Å². The van der Waals surface area contributed by atoms with Crippen molar-refractivity contribution in [1.82, 2.24) is 18.7 Å². The van der Waals surface area contributed by atoms with Gasteiger partial charge in [-0.05, 0) is 19.4 Å². The molecule has 1 aromatic carbocycles. The SMILES string of the molecule is CCN(CC)c1nc2c(c(=O)n(C)c(=O)n2C)n1C[C@@H](O)c1ccccc1. The summed E-state index contributed by atoms with van der Waals surface area (Å²) in [7, 11) is 3.05. The molecule has 2 heterocycles. The van der Waals surface area contributed by atoms with Gasteiger partial charge in [0.2, 0.25) is 5.95 Å². The third-order valence-corrected chi connectivity index (χ3v) is 4.91. The lowest BCUT2D eigenvalue weighted by Crippen LogP contribution is -2.37. The number of aliphatic hydroxyl groups is 1. The molecule has 27 heavy (non-hydrogen) atoms. The molecule has 0 unspecified atom stereocenters. The molecule has 0 saturated heterocycles. The Balaban J connectivity index is 2.26. The molecule has 0 spiro atoms. The number of rotatable bonds is 6. The van der Waals surface area contributed by atoms with E-state index in [1.807, 2.05) is 49.1 Å². The second kappa shape index (κ2) is 7.40. The maximum atomic E-state index is 12.8. The molecular weight excluding hydrogens is 346 g/mol. The fourth-order valence-corrected chi connectivity index (χ4v) is 3.31. The van der Waals surface area contributed by atoms with Crippen LogP contribution in [0.1, 0.15) is 25.5 Å². The van der Waals surface area contributed by atoms with E-state index in [1.54, 1.807) is 11.6 Å². The predicted molar refractivity (Wildman–Crippen MR) is 105 cm³/mol. The van der Waals surface area contributed by atoms with Crippen LogP contribution in [-0.2, 0) is 20.6 Å². The van der Waals surface area contributed by atoms with Crippen molar-refractivity contribution in [3.63, 3.8) is 0 Å². The highest BCUT2D eigenvalue weighted by atomic mass is 16.3. The van der Waals surface area contributed by atoms with E-state index in [1.165, 1.54) is 11.6 Å². The molecule has 3 aromatic rings. The van der Waals surface area contributed by atoms with Crippen molar-refractivity contribution in [2.24, 2.45) is 14.1 Å². The summed E-state index contributed by atoms with van der Waals surface area (Å²) in [4.78, 5) is 31.7. The molecule has 0 saturated carbocycles. The van der Waals surface area contributed by atoms with Gasteiger partial charge in [0.1, 0.15) is 0 Å². The number of nitrogens with zero attached hydrogens (tertiary/aromatic N) is 5. The Morgan fingerprint density at radius 3 is 2.30 bits per heavy atom. The van der Waals surface area contributed by atoms with E-state index in [-0.39, 0.29) is 6.54 Å². The van der Waals surface area contributed by atoms with Crippen LogP contribution in [0.25, 0.3) is 11.2 Å². The average molecular weight is 371 g/mol. The van der Waals surface area contributed by atoms with E-state index in [9.17, 15) is 14.7 Å². The average Bonchev–Trinajstić information content (AvgIpc) is 3.05. The molecule has 0 aliphatic heterocycles. The Morgan fingerprint density at radius 2 is 1.70 bits per heavy atom. The molecule has 1 atom stereocenters. The first-order valence-corrected chi connectivity index (χ1v) is 9.04. The molecule has 2 aromatic heterocycles. The minimum absolute atomic E-state index is 0.166. The summed E-state index contributed by atoms with van der Waals surface area (Å²) in [6.07, 6.45) is -0.806. The van der Waals surface area contributed by atoms with Crippen molar-refractivity contribution in [2.75, 3.05) is 18.0 Å². The molecule has 3 rings (SSSR count). The number of aryl methyl sites for hydroxylation is 1. The van der Waals surface area contributed by atoms with Crippen molar-refractivity contribution >= 4 is 17.1 Å². The Kier molecular flexibility index (Phi) is 5.18. The third kappa shape index (κ3) is 3.16. The number of anilines is 1. The second-order valence-corrected chi connectivity index (χ2v) is 6.50. The maximum Gasteiger partial charge on any atom is 0.332 e. The van der Waals surface area contributed by atoms with E-state index < -0.39 is 17.4 Å². The van der Waals surface area contributed by atoms with Crippen molar-refractivity contribution in [3.05, 3.63) is 56.7 Å². The largest absolute Gasteiger partial charge is 0.387 e. The number of aromatic nitrogens is 4. The molecule has 144 valence electrons. The van der Waals surface area contributed by atoms with Gasteiger partial charge in [-0.15, -0.1) is 0 Å². The normalized spacial score (nSPS) is 12.5. The molecule has 0 radical (unpaired) electrons. The van der Waals surface area contributed by atoms with Crippen LogP contribution in [0.4, 0.5) is 5.95 Å². The number of hydrogen-bond donors (Lipinski definition) is 1. The Hall–Kier alpha value is -2.87. The standard InChI is InChI=1S/C19H25N5O3/c1-5-23(6-2)18-20-16-15(17(26)22(4)19(27)21(16)3)24(18)12-14(25)13-10-8-7-9-11-13/h7-11,14,25H,5-6,12H2,1-4H3/t14-/m1/s1. The van der Waals surface area contributed by atoms with Crippen LogP contribution in [0, 0.1) is 0 Å². The number of imidazole rings is 1. The quantitative estimate of drug-likeness (QED) is 0.699. The van der Waals surface area contributed by atoms with Gasteiger partial charge < -0.3 is 14.6 Å². The first-order chi connectivity index (χ1) is 12.9. The number of fused-ring (bicyclic) bond motifs is 1. The highest BCUT2D eigenvalue weighted by molar-refractivity contribution is 5.74. The molecule has 0 bridgehead atoms. The zero-order valence-corrected chi connectivity index (χ0v) is 16.1. The number of hydrogen-bond acceptors (Lipinski definition) is 5. The first kappa shape index (κ1) is 18.9. The van der Waals surface area contributed by atoms with Crippen LogP contribution in [0.2, 0.25) is 0 Å². The lowest BCUT2D eigenvalue weighted by atomic mass is 10.1. The molecule has 0 aliphatic rings. The van der Waals surface area contributed by atoms with E-state index in [0.717, 1.165) is 10.1 Å². The number of benzene rings is 1. The fourth-order valence-electron chi connectivity index (χ4n) is 3.31. The van der Waals surface area contributed by atoms with Crippen molar-refractivity contribution in [1.29, 1.82) is 0 Å². The van der Waals surface area contributed by atoms with Gasteiger partial charge in [-0.3, -0.25) is 13.9 Å². The zero-order valence-electron chi connectivity index (χ0n) is 16.1. The van der Waals surface area contributed by atoms with E-state index in [4.69, 9.17) is 0 Å². The lowest BCUT2D eigenvalue weighted by molar-refractivity contribution is 0.158. The summed E-state index contributed by atoms with van der Waals surface area (Å²) in [6.45, 7) is 5.54. The van der Waals surface area contributed by atoms with Gasteiger partial charge in [0, 0.05) is 27.2 Å². The van der Waals surface area contributed by atoms with Crippen LogP contribution < -0.4 is 16.1 Å². The Bertz CT molecular complexity index is 1060. The topological polar surface area (TPSA) is 85.3 Å². The van der Waals surface area contributed by atoms with Crippen molar-refractivity contribution < 1.29 is 5.11 Å². The highest BCUT2D eigenvalue weighted by Crippen LogP contribution is 2.24. The summed E-state index contributed by atoms with van der Waals surface area (Å²) in [5.41, 5.74) is 0.555. The van der Waals surface area contributed by atoms with Gasteiger partial charge in [-0.25, -0.2) is 4.79 Å². The smallest absolute Gasteiger partial charge is 0.332 e.